The van der Waals surface area contributed by atoms with Gasteiger partial charge in [-0.2, -0.15) is 0 Å². The van der Waals surface area contributed by atoms with Crippen molar-refractivity contribution in [3.8, 4) is 17.4 Å². The molecule has 1 aliphatic heterocycles. The lowest BCUT2D eigenvalue weighted by atomic mass is 10.0. The van der Waals surface area contributed by atoms with Crippen LogP contribution in [0.15, 0.2) is 55.5 Å². The Morgan fingerprint density at radius 3 is 2.93 bits per heavy atom. The van der Waals surface area contributed by atoms with Crippen molar-refractivity contribution in [1.82, 2.24) is 25.3 Å². The summed E-state index contributed by atoms with van der Waals surface area (Å²) in [4.78, 5) is 28.7. The van der Waals surface area contributed by atoms with Crippen LogP contribution in [0.25, 0.3) is 0 Å². The third-order valence-corrected chi connectivity index (χ3v) is 4.54. The second kappa shape index (κ2) is 9.27. The normalized spacial score (nSPS) is 18.0. The molecule has 30 heavy (non-hydrogen) atoms. The Bertz CT molecular complexity index is 1000. The number of nitrogens with one attached hydrogen (secondary N) is 1. The zero-order valence-electron chi connectivity index (χ0n) is 16.4. The van der Waals surface area contributed by atoms with Gasteiger partial charge in [-0.15, -0.1) is 0 Å². The van der Waals surface area contributed by atoms with Gasteiger partial charge in [0.1, 0.15) is 18.2 Å². The average molecular weight is 407 g/mol. The number of hydrogen-bond donors (Lipinski definition) is 1. The molecule has 1 aliphatic rings. The lowest BCUT2D eigenvalue weighted by Gasteiger charge is -2.20. The molecule has 9 heteroatoms. The molecule has 0 aromatic carbocycles. The quantitative estimate of drug-likeness (QED) is 0.637. The maximum absolute atomic E-state index is 12.5. The zero-order chi connectivity index (χ0) is 20.8. The molecule has 1 saturated heterocycles. The first-order valence-corrected chi connectivity index (χ1v) is 9.62. The third-order valence-electron chi connectivity index (χ3n) is 4.54. The van der Waals surface area contributed by atoms with Gasteiger partial charge in [0, 0.05) is 37.0 Å². The van der Waals surface area contributed by atoms with Gasteiger partial charge in [-0.1, -0.05) is 0 Å². The molecular weight excluding hydrogens is 386 g/mol. The molecule has 4 heterocycles. The Balaban J connectivity index is 1.49. The minimum absolute atomic E-state index is 0.205. The molecule has 1 amide bonds. The molecule has 0 radical (unpaired) electrons. The van der Waals surface area contributed by atoms with Crippen LogP contribution < -0.4 is 14.8 Å². The fraction of sp³-hybridized carbons (Fsp3) is 0.286. The van der Waals surface area contributed by atoms with Crippen LogP contribution in [-0.2, 0) is 4.74 Å². The molecule has 154 valence electrons. The van der Waals surface area contributed by atoms with E-state index in [9.17, 15) is 4.79 Å². The van der Waals surface area contributed by atoms with Crippen LogP contribution in [0.4, 0.5) is 0 Å². The number of rotatable bonds is 7. The first kappa shape index (κ1) is 19.7. The number of pyridine rings is 2. The SMILES string of the molecule is CCOc1cccnc1Oc1cncc([C@@H]2OCC[C@@H]2NC(=O)c2cncnc2)c1. The summed E-state index contributed by atoms with van der Waals surface area (Å²) in [5.74, 6) is 1.17. The van der Waals surface area contributed by atoms with Crippen LogP contribution in [0.5, 0.6) is 17.4 Å². The molecule has 4 rings (SSSR count). The van der Waals surface area contributed by atoms with Crippen LogP contribution in [-0.4, -0.2) is 45.1 Å². The number of carbonyl (C=O) groups is 1. The molecule has 2 atom stereocenters. The minimum Gasteiger partial charge on any atom is -0.488 e. The van der Waals surface area contributed by atoms with Crippen LogP contribution in [0.2, 0.25) is 0 Å². The van der Waals surface area contributed by atoms with Gasteiger partial charge in [0.15, 0.2) is 5.75 Å². The average Bonchev–Trinajstić information content (AvgIpc) is 3.24. The van der Waals surface area contributed by atoms with Crippen LogP contribution >= 0.6 is 0 Å². The summed E-state index contributed by atoms with van der Waals surface area (Å²) in [5, 5.41) is 2.99. The summed E-state index contributed by atoms with van der Waals surface area (Å²) in [6.45, 7) is 2.93. The smallest absolute Gasteiger partial charge is 0.262 e. The summed E-state index contributed by atoms with van der Waals surface area (Å²) in [5.41, 5.74) is 1.20. The highest BCUT2D eigenvalue weighted by molar-refractivity contribution is 5.93. The Hall–Kier alpha value is -3.59. The maximum atomic E-state index is 12.5. The van der Waals surface area contributed by atoms with Gasteiger partial charge < -0.3 is 19.5 Å². The first-order valence-electron chi connectivity index (χ1n) is 9.62. The molecule has 3 aromatic heterocycles. The van der Waals surface area contributed by atoms with Crippen molar-refractivity contribution in [2.24, 2.45) is 0 Å². The Morgan fingerprint density at radius 2 is 2.10 bits per heavy atom. The van der Waals surface area contributed by atoms with E-state index in [0.29, 0.717) is 42.6 Å². The molecule has 1 fully saturated rings. The molecule has 0 saturated carbocycles. The predicted octanol–water partition coefficient (Wildman–Crippen LogP) is 2.72. The summed E-state index contributed by atoms with van der Waals surface area (Å²) in [6, 6.07) is 5.20. The number of nitrogens with zero attached hydrogens (tertiary/aromatic N) is 4. The second-order valence-electron chi connectivity index (χ2n) is 6.58. The van der Waals surface area contributed by atoms with Gasteiger partial charge in [-0.05, 0) is 31.5 Å². The van der Waals surface area contributed by atoms with Gasteiger partial charge in [0.2, 0.25) is 0 Å². The van der Waals surface area contributed by atoms with E-state index in [1.54, 1.807) is 30.7 Å². The molecule has 0 unspecified atom stereocenters. The number of amides is 1. The third kappa shape index (κ3) is 4.52. The van der Waals surface area contributed by atoms with E-state index in [4.69, 9.17) is 14.2 Å². The van der Waals surface area contributed by atoms with E-state index in [1.165, 1.54) is 18.7 Å². The number of ether oxygens (including phenoxy) is 3. The predicted molar refractivity (Wildman–Crippen MR) is 106 cm³/mol. The van der Waals surface area contributed by atoms with Crippen LogP contribution in [0.1, 0.15) is 35.4 Å². The minimum atomic E-state index is -0.343. The summed E-state index contributed by atoms with van der Waals surface area (Å²) < 4.78 is 17.3. The Kier molecular flexibility index (Phi) is 6.09. The van der Waals surface area contributed by atoms with Gasteiger partial charge >= 0.3 is 0 Å². The summed E-state index contributed by atoms with van der Waals surface area (Å²) in [6.07, 6.45) is 9.61. The van der Waals surface area contributed by atoms with E-state index >= 15 is 0 Å². The van der Waals surface area contributed by atoms with Crippen molar-refractivity contribution in [3.05, 3.63) is 66.6 Å². The first-order chi connectivity index (χ1) is 14.7. The largest absolute Gasteiger partial charge is 0.488 e. The topological polar surface area (TPSA) is 108 Å². The van der Waals surface area contributed by atoms with E-state index < -0.39 is 0 Å². The zero-order valence-corrected chi connectivity index (χ0v) is 16.4. The standard InChI is InChI=1S/C21H21N5O4/c1-2-28-18-4-3-6-25-21(18)30-16-8-14(9-22-12-16)19-17(5-7-29-19)26-20(27)15-10-23-13-24-11-15/h3-4,6,8-13,17,19H,2,5,7H2,1H3,(H,26,27)/t17-,19-/m0/s1. The van der Waals surface area contributed by atoms with Crippen LogP contribution in [0.3, 0.4) is 0 Å². The molecule has 3 aromatic rings. The molecule has 1 N–H and O–H groups in total. The highest BCUT2D eigenvalue weighted by Crippen LogP contribution is 2.33. The lowest BCUT2D eigenvalue weighted by molar-refractivity contribution is 0.0819. The van der Waals surface area contributed by atoms with Crippen molar-refractivity contribution in [2.75, 3.05) is 13.2 Å². The van der Waals surface area contributed by atoms with E-state index in [0.717, 1.165) is 5.56 Å². The van der Waals surface area contributed by atoms with Crippen molar-refractivity contribution >= 4 is 5.91 Å². The van der Waals surface area contributed by atoms with Gasteiger partial charge in [0.05, 0.1) is 24.4 Å². The number of hydrogen-bond acceptors (Lipinski definition) is 8. The highest BCUT2D eigenvalue weighted by Gasteiger charge is 2.32. The van der Waals surface area contributed by atoms with Crippen molar-refractivity contribution < 1.29 is 19.0 Å². The molecular formula is C21H21N5O4. The van der Waals surface area contributed by atoms with Crippen molar-refractivity contribution in [1.29, 1.82) is 0 Å². The summed E-state index contributed by atoms with van der Waals surface area (Å²) >= 11 is 0. The molecule has 0 aliphatic carbocycles. The lowest BCUT2D eigenvalue weighted by Crippen LogP contribution is -2.36. The van der Waals surface area contributed by atoms with Gasteiger partial charge in [0.25, 0.3) is 11.8 Å². The molecule has 9 nitrogen and oxygen atoms in total. The fourth-order valence-corrected chi connectivity index (χ4v) is 3.21. The van der Waals surface area contributed by atoms with Crippen LogP contribution in [0, 0.1) is 0 Å². The molecule has 0 bridgehead atoms. The van der Waals surface area contributed by atoms with Gasteiger partial charge in [-0.3, -0.25) is 9.78 Å². The van der Waals surface area contributed by atoms with E-state index in [1.807, 2.05) is 13.0 Å². The number of carbonyl (C=O) groups excluding carboxylic acids is 1. The number of aromatic nitrogens is 4. The fourth-order valence-electron chi connectivity index (χ4n) is 3.21. The molecule has 0 spiro atoms. The maximum Gasteiger partial charge on any atom is 0.262 e. The van der Waals surface area contributed by atoms with Crippen molar-refractivity contribution in [3.63, 3.8) is 0 Å². The Morgan fingerprint density at radius 1 is 1.23 bits per heavy atom. The van der Waals surface area contributed by atoms with E-state index in [-0.39, 0.29) is 18.1 Å². The van der Waals surface area contributed by atoms with E-state index in [2.05, 4.69) is 25.3 Å². The monoisotopic (exact) mass is 407 g/mol. The summed E-state index contributed by atoms with van der Waals surface area (Å²) in [7, 11) is 0. The highest BCUT2D eigenvalue weighted by atomic mass is 16.5. The van der Waals surface area contributed by atoms with Crippen molar-refractivity contribution in [2.45, 2.75) is 25.5 Å². The second-order valence-corrected chi connectivity index (χ2v) is 6.58. The Labute approximate surface area is 173 Å². The van der Waals surface area contributed by atoms with Gasteiger partial charge in [-0.25, -0.2) is 15.0 Å².